The number of hydrogen-bond donors (Lipinski definition) is 3. The summed E-state index contributed by atoms with van der Waals surface area (Å²) in [5, 5.41) is 14.9. The van der Waals surface area contributed by atoms with Gasteiger partial charge in [0.05, 0.1) is 0 Å². The van der Waals surface area contributed by atoms with Gasteiger partial charge in [-0.25, -0.2) is 0 Å². The number of carbonyl (C=O) groups is 1. The van der Waals surface area contributed by atoms with E-state index in [9.17, 15) is 4.79 Å². The van der Waals surface area contributed by atoms with Gasteiger partial charge in [-0.15, -0.1) is 0 Å². The summed E-state index contributed by atoms with van der Waals surface area (Å²) < 4.78 is 0. The first kappa shape index (κ1) is 13.9. The third-order valence-electron chi connectivity index (χ3n) is 3.68. The average molecular weight is 262 g/mol. The molecule has 0 saturated heterocycles. The van der Waals surface area contributed by atoms with Crippen molar-refractivity contribution in [2.24, 2.45) is 5.92 Å². The second-order valence-electron chi connectivity index (χ2n) is 5.39. The Morgan fingerprint density at radius 3 is 2.63 bits per heavy atom. The molecule has 4 nitrogen and oxygen atoms in total. The summed E-state index contributed by atoms with van der Waals surface area (Å²) >= 11 is 0. The lowest BCUT2D eigenvalue weighted by Gasteiger charge is -2.27. The standard InChI is InChI=1S/C15H22N2O2/c1-11-5-7-12(8-6-11)16-13-3-2-4-14(9-13)17-15(19)10-18/h2-4,9,11-12,16,18H,5-8,10H2,1H3,(H,17,19). The molecule has 0 aliphatic heterocycles. The van der Waals surface area contributed by atoms with Crippen molar-refractivity contribution in [3.05, 3.63) is 24.3 Å². The molecule has 0 aromatic heterocycles. The molecule has 4 heteroatoms. The highest BCUT2D eigenvalue weighted by molar-refractivity contribution is 5.91. The van der Waals surface area contributed by atoms with Gasteiger partial charge in [0.25, 0.3) is 0 Å². The van der Waals surface area contributed by atoms with Crippen LogP contribution < -0.4 is 10.6 Å². The van der Waals surface area contributed by atoms with E-state index in [4.69, 9.17) is 5.11 Å². The predicted octanol–water partition coefficient (Wildman–Crippen LogP) is 2.61. The zero-order chi connectivity index (χ0) is 13.7. The summed E-state index contributed by atoms with van der Waals surface area (Å²) in [6, 6.07) is 8.17. The molecule has 1 saturated carbocycles. The fourth-order valence-corrected chi connectivity index (χ4v) is 2.53. The van der Waals surface area contributed by atoms with Crippen LogP contribution in [0.5, 0.6) is 0 Å². The molecular weight excluding hydrogens is 240 g/mol. The van der Waals surface area contributed by atoms with Crippen LogP contribution in [0.4, 0.5) is 11.4 Å². The van der Waals surface area contributed by atoms with Crippen molar-refractivity contribution in [3.8, 4) is 0 Å². The minimum absolute atomic E-state index is 0.386. The van der Waals surface area contributed by atoms with Crippen LogP contribution in [-0.4, -0.2) is 23.7 Å². The zero-order valence-corrected chi connectivity index (χ0v) is 11.4. The summed E-state index contributed by atoms with van der Waals surface area (Å²) in [6.45, 7) is 1.82. The molecule has 1 aromatic rings. The van der Waals surface area contributed by atoms with E-state index in [1.807, 2.05) is 24.3 Å². The molecule has 104 valence electrons. The van der Waals surface area contributed by atoms with Crippen LogP contribution in [0.3, 0.4) is 0 Å². The number of amides is 1. The molecule has 2 rings (SSSR count). The monoisotopic (exact) mass is 262 g/mol. The minimum Gasteiger partial charge on any atom is -0.387 e. The van der Waals surface area contributed by atoms with Crippen LogP contribution in [-0.2, 0) is 4.79 Å². The highest BCUT2D eigenvalue weighted by Crippen LogP contribution is 2.26. The number of hydrogen-bond acceptors (Lipinski definition) is 3. The summed E-state index contributed by atoms with van der Waals surface area (Å²) in [7, 11) is 0. The smallest absolute Gasteiger partial charge is 0.250 e. The SMILES string of the molecule is CC1CCC(Nc2cccc(NC(=O)CO)c2)CC1. The van der Waals surface area contributed by atoms with Crippen LogP contribution in [0.25, 0.3) is 0 Å². The molecule has 1 aliphatic carbocycles. The first-order chi connectivity index (χ1) is 9.17. The van der Waals surface area contributed by atoms with Crippen molar-refractivity contribution < 1.29 is 9.90 Å². The molecule has 0 radical (unpaired) electrons. The third kappa shape index (κ3) is 4.24. The van der Waals surface area contributed by atoms with Crippen molar-refractivity contribution in [2.45, 2.75) is 38.6 Å². The van der Waals surface area contributed by atoms with Crippen molar-refractivity contribution in [1.29, 1.82) is 0 Å². The molecule has 3 N–H and O–H groups in total. The van der Waals surface area contributed by atoms with Crippen molar-refractivity contribution in [2.75, 3.05) is 17.2 Å². The first-order valence-electron chi connectivity index (χ1n) is 6.94. The van der Waals surface area contributed by atoms with Gasteiger partial charge in [0.2, 0.25) is 5.91 Å². The maximum atomic E-state index is 11.1. The quantitative estimate of drug-likeness (QED) is 0.781. The number of aliphatic hydroxyl groups excluding tert-OH is 1. The molecule has 1 aliphatic rings. The van der Waals surface area contributed by atoms with E-state index in [0.29, 0.717) is 11.7 Å². The molecule has 0 bridgehead atoms. The highest BCUT2D eigenvalue weighted by Gasteiger charge is 2.17. The third-order valence-corrected chi connectivity index (χ3v) is 3.68. The van der Waals surface area contributed by atoms with Crippen LogP contribution in [0.1, 0.15) is 32.6 Å². The summed E-state index contributed by atoms with van der Waals surface area (Å²) in [4.78, 5) is 11.1. The van der Waals surface area contributed by atoms with Crippen molar-refractivity contribution in [3.63, 3.8) is 0 Å². The second-order valence-corrected chi connectivity index (χ2v) is 5.39. The summed E-state index contributed by atoms with van der Waals surface area (Å²) in [5.74, 6) is 0.455. The number of rotatable bonds is 4. The maximum Gasteiger partial charge on any atom is 0.250 e. The van der Waals surface area contributed by atoms with Gasteiger partial charge in [-0.1, -0.05) is 13.0 Å². The van der Waals surface area contributed by atoms with Gasteiger partial charge in [0.1, 0.15) is 6.61 Å². The molecule has 0 atom stereocenters. The van der Waals surface area contributed by atoms with E-state index in [2.05, 4.69) is 17.6 Å². The lowest BCUT2D eigenvalue weighted by Crippen LogP contribution is -2.25. The Morgan fingerprint density at radius 2 is 1.95 bits per heavy atom. The number of carbonyl (C=O) groups excluding carboxylic acids is 1. The number of benzene rings is 1. The highest BCUT2D eigenvalue weighted by atomic mass is 16.3. The van der Waals surface area contributed by atoms with E-state index in [0.717, 1.165) is 11.6 Å². The topological polar surface area (TPSA) is 61.4 Å². The van der Waals surface area contributed by atoms with Gasteiger partial charge < -0.3 is 15.7 Å². The molecule has 0 heterocycles. The second kappa shape index (κ2) is 6.57. The Morgan fingerprint density at radius 1 is 1.26 bits per heavy atom. The Bertz CT molecular complexity index is 426. The van der Waals surface area contributed by atoms with Gasteiger partial charge >= 0.3 is 0 Å². The van der Waals surface area contributed by atoms with Crippen molar-refractivity contribution in [1.82, 2.24) is 0 Å². The van der Waals surface area contributed by atoms with E-state index >= 15 is 0 Å². The predicted molar refractivity (Wildman–Crippen MR) is 77.2 cm³/mol. The molecular formula is C15H22N2O2. The Balaban J connectivity index is 1.93. The normalized spacial score (nSPS) is 22.8. The Hall–Kier alpha value is -1.55. The maximum absolute atomic E-state index is 11.1. The molecule has 1 fully saturated rings. The van der Waals surface area contributed by atoms with E-state index in [1.165, 1.54) is 25.7 Å². The molecule has 1 aromatic carbocycles. The molecule has 0 spiro atoms. The van der Waals surface area contributed by atoms with Crippen LogP contribution >= 0.6 is 0 Å². The van der Waals surface area contributed by atoms with Gasteiger partial charge in [0, 0.05) is 17.4 Å². The number of nitrogens with one attached hydrogen (secondary N) is 2. The minimum atomic E-state index is -0.488. The van der Waals surface area contributed by atoms with E-state index in [1.54, 1.807) is 0 Å². The van der Waals surface area contributed by atoms with Crippen LogP contribution in [0.2, 0.25) is 0 Å². The van der Waals surface area contributed by atoms with E-state index in [-0.39, 0.29) is 5.91 Å². The van der Waals surface area contributed by atoms with Gasteiger partial charge in [-0.3, -0.25) is 4.79 Å². The summed E-state index contributed by atoms with van der Waals surface area (Å²) in [6.07, 6.45) is 4.96. The van der Waals surface area contributed by atoms with Crippen LogP contribution in [0, 0.1) is 5.92 Å². The fraction of sp³-hybridized carbons (Fsp3) is 0.533. The van der Waals surface area contributed by atoms with Gasteiger partial charge in [0.15, 0.2) is 0 Å². The molecule has 0 unspecified atom stereocenters. The largest absolute Gasteiger partial charge is 0.387 e. The Labute approximate surface area is 114 Å². The number of anilines is 2. The van der Waals surface area contributed by atoms with Crippen molar-refractivity contribution >= 4 is 17.3 Å². The van der Waals surface area contributed by atoms with Gasteiger partial charge in [-0.2, -0.15) is 0 Å². The molecule has 19 heavy (non-hydrogen) atoms. The summed E-state index contributed by atoms with van der Waals surface area (Å²) in [5.41, 5.74) is 1.74. The van der Waals surface area contributed by atoms with Gasteiger partial charge in [-0.05, 0) is 49.8 Å². The first-order valence-corrected chi connectivity index (χ1v) is 6.94. The molecule has 1 amide bonds. The lowest BCUT2D eigenvalue weighted by atomic mass is 9.87. The van der Waals surface area contributed by atoms with E-state index < -0.39 is 6.61 Å². The zero-order valence-electron chi connectivity index (χ0n) is 11.4. The number of aliphatic hydroxyl groups is 1. The average Bonchev–Trinajstić information content (AvgIpc) is 2.42. The van der Waals surface area contributed by atoms with Crippen LogP contribution in [0.15, 0.2) is 24.3 Å². The fourth-order valence-electron chi connectivity index (χ4n) is 2.53. The lowest BCUT2D eigenvalue weighted by molar-refractivity contribution is -0.118. The Kier molecular flexibility index (Phi) is 4.80.